The van der Waals surface area contributed by atoms with E-state index in [4.69, 9.17) is 4.55 Å². The SMILES string of the molecule is C[N+](C)(C)S(=O)(=O)O.[I-]. The van der Waals surface area contributed by atoms with E-state index < -0.39 is 14.2 Å². The quantitative estimate of drug-likeness (QED) is 0.305. The lowest BCUT2D eigenvalue weighted by Gasteiger charge is -2.16. The van der Waals surface area contributed by atoms with E-state index >= 15 is 0 Å². The Kier molecular flexibility index (Phi) is 4.27. The van der Waals surface area contributed by atoms with Gasteiger partial charge >= 0.3 is 10.3 Å². The summed E-state index contributed by atoms with van der Waals surface area (Å²) >= 11 is 0. The van der Waals surface area contributed by atoms with Gasteiger partial charge < -0.3 is 24.0 Å². The molecule has 0 heterocycles. The fourth-order valence-electron chi connectivity index (χ4n) is 0. The van der Waals surface area contributed by atoms with Crippen LogP contribution in [0.25, 0.3) is 0 Å². The molecule has 6 heteroatoms. The molecular formula is C3H10INO3S. The zero-order valence-corrected chi connectivity index (χ0v) is 8.47. The summed E-state index contributed by atoms with van der Waals surface area (Å²) in [5.41, 5.74) is 0. The smallest absolute Gasteiger partial charge is 0.432 e. The van der Waals surface area contributed by atoms with E-state index in [0.29, 0.717) is 0 Å². The number of halogens is 1. The van der Waals surface area contributed by atoms with Crippen molar-refractivity contribution >= 4 is 10.3 Å². The summed E-state index contributed by atoms with van der Waals surface area (Å²) in [6.07, 6.45) is 0. The minimum atomic E-state index is -3.90. The Labute approximate surface area is 72.3 Å². The van der Waals surface area contributed by atoms with Crippen LogP contribution in [0, 0.1) is 0 Å². The first kappa shape index (κ1) is 12.3. The predicted molar refractivity (Wildman–Crippen MR) is 29.6 cm³/mol. The Balaban J connectivity index is 0. The maximum atomic E-state index is 10.2. The second-order valence-corrected chi connectivity index (χ2v) is 4.33. The van der Waals surface area contributed by atoms with Crippen LogP contribution in [-0.4, -0.2) is 38.0 Å². The molecule has 0 saturated carbocycles. The van der Waals surface area contributed by atoms with Crippen LogP contribution < -0.4 is 24.0 Å². The zero-order chi connectivity index (χ0) is 7.00. The van der Waals surface area contributed by atoms with Crippen LogP contribution in [0.2, 0.25) is 0 Å². The maximum Gasteiger partial charge on any atom is 0.432 e. The summed E-state index contributed by atoms with van der Waals surface area (Å²) in [6.45, 7) is 0. The number of quaternary nitrogens is 1. The molecule has 0 aliphatic rings. The molecule has 0 bridgehead atoms. The Bertz CT molecular complexity index is 168. The van der Waals surface area contributed by atoms with Gasteiger partial charge in [0.05, 0.1) is 21.1 Å². The number of nitrogens with zero attached hydrogens (tertiary/aromatic N) is 1. The van der Waals surface area contributed by atoms with Crippen LogP contribution in [0.4, 0.5) is 0 Å². The first-order chi connectivity index (χ1) is 3.25. The van der Waals surface area contributed by atoms with Gasteiger partial charge in [0, 0.05) is 0 Å². The monoisotopic (exact) mass is 267 g/mol. The van der Waals surface area contributed by atoms with E-state index in [0.717, 1.165) is 0 Å². The van der Waals surface area contributed by atoms with Crippen molar-refractivity contribution in [3.05, 3.63) is 0 Å². The van der Waals surface area contributed by atoms with Gasteiger partial charge in [-0.2, -0.15) is 0 Å². The van der Waals surface area contributed by atoms with Crippen molar-refractivity contribution in [3.63, 3.8) is 0 Å². The summed E-state index contributed by atoms with van der Waals surface area (Å²) in [5.74, 6) is 0. The van der Waals surface area contributed by atoms with Gasteiger partial charge in [-0.15, -0.1) is 8.42 Å². The Morgan fingerprint density at radius 1 is 1.22 bits per heavy atom. The fraction of sp³-hybridized carbons (Fsp3) is 1.00. The predicted octanol–water partition coefficient (Wildman–Crippen LogP) is -3.50. The lowest BCUT2D eigenvalue weighted by atomic mass is 11.0. The average molecular weight is 267 g/mol. The largest absolute Gasteiger partial charge is 1.00 e. The molecule has 58 valence electrons. The summed E-state index contributed by atoms with van der Waals surface area (Å²) in [5, 5.41) is 0. The molecule has 0 aromatic heterocycles. The van der Waals surface area contributed by atoms with E-state index in [9.17, 15) is 8.42 Å². The van der Waals surface area contributed by atoms with E-state index in [-0.39, 0.29) is 24.0 Å². The molecule has 0 aromatic carbocycles. The third-order valence-corrected chi connectivity index (χ3v) is 2.08. The Morgan fingerprint density at radius 2 is 1.33 bits per heavy atom. The van der Waals surface area contributed by atoms with Crippen molar-refractivity contribution in [2.45, 2.75) is 0 Å². The number of hydrogen-bond donors (Lipinski definition) is 1. The molecule has 0 aromatic rings. The Morgan fingerprint density at radius 3 is 1.33 bits per heavy atom. The highest BCUT2D eigenvalue weighted by Gasteiger charge is 2.23. The van der Waals surface area contributed by atoms with Crippen LogP contribution in [-0.2, 0) is 10.3 Å². The van der Waals surface area contributed by atoms with Crippen LogP contribution in [0.1, 0.15) is 0 Å². The van der Waals surface area contributed by atoms with Crippen molar-refractivity contribution < 1.29 is 40.8 Å². The third-order valence-electron chi connectivity index (χ3n) is 0.692. The highest BCUT2D eigenvalue weighted by Crippen LogP contribution is 1.97. The fourth-order valence-corrected chi connectivity index (χ4v) is 0. The molecule has 0 unspecified atom stereocenters. The van der Waals surface area contributed by atoms with Crippen molar-refractivity contribution in [2.75, 3.05) is 21.1 Å². The van der Waals surface area contributed by atoms with Gasteiger partial charge in [0.15, 0.2) is 0 Å². The highest BCUT2D eigenvalue weighted by atomic mass is 127. The molecule has 0 aliphatic carbocycles. The molecule has 0 amide bonds. The molecule has 9 heavy (non-hydrogen) atoms. The van der Waals surface area contributed by atoms with Crippen LogP contribution >= 0.6 is 0 Å². The van der Waals surface area contributed by atoms with Crippen molar-refractivity contribution in [1.29, 1.82) is 0 Å². The zero-order valence-electron chi connectivity index (χ0n) is 5.50. The van der Waals surface area contributed by atoms with Crippen LogP contribution in [0.5, 0.6) is 0 Å². The normalized spacial score (nSPS) is 12.4. The molecule has 0 aliphatic heterocycles. The molecule has 1 N–H and O–H groups in total. The lowest BCUT2D eigenvalue weighted by molar-refractivity contribution is -0.744. The molecule has 4 nitrogen and oxygen atoms in total. The van der Waals surface area contributed by atoms with E-state index in [1.807, 2.05) is 0 Å². The van der Waals surface area contributed by atoms with E-state index in [1.165, 1.54) is 21.1 Å². The van der Waals surface area contributed by atoms with Gasteiger partial charge in [-0.1, -0.05) is 0 Å². The first-order valence-electron chi connectivity index (χ1n) is 2.04. The molecular weight excluding hydrogens is 257 g/mol. The maximum absolute atomic E-state index is 10.2. The number of hydrogen-bond acceptors (Lipinski definition) is 2. The number of rotatable bonds is 1. The van der Waals surface area contributed by atoms with Gasteiger partial charge in [-0.25, -0.2) is 8.44 Å². The van der Waals surface area contributed by atoms with E-state index in [1.54, 1.807) is 0 Å². The summed E-state index contributed by atoms with van der Waals surface area (Å²) in [7, 11) is 0.208. The molecule has 0 saturated heterocycles. The van der Waals surface area contributed by atoms with Crippen LogP contribution in [0.3, 0.4) is 0 Å². The highest BCUT2D eigenvalue weighted by molar-refractivity contribution is 7.80. The van der Waals surface area contributed by atoms with Crippen molar-refractivity contribution in [2.24, 2.45) is 0 Å². The molecule has 0 spiro atoms. The lowest BCUT2D eigenvalue weighted by Crippen LogP contribution is -3.00. The van der Waals surface area contributed by atoms with Gasteiger partial charge in [-0.05, 0) is 0 Å². The van der Waals surface area contributed by atoms with Crippen molar-refractivity contribution in [3.8, 4) is 0 Å². The topological polar surface area (TPSA) is 54.4 Å². The minimum Gasteiger partial charge on any atom is -1.00 e. The average Bonchev–Trinajstić information content (AvgIpc) is 1.25. The van der Waals surface area contributed by atoms with Crippen molar-refractivity contribution in [1.82, 2.24) is 0 Å². The second-order valence-electron chi connectivity index (χ2n) is 2.34. The Hall–Kier alpha value is 0.600. The minimum absolute atomic E-state index is 0. The van der Waals surface area contributed by atoms with E-state index in [2.05, 4.69) is 0 Å². The molecule has 0 rings (SSSR count). The summed E-state index contributed by atoms with van der Waals surface area (Å²) in [6, 6.07) is 0. The molecule has 0 atom stereocenters. The summed E-state index contributed by atoms with van der Waals surface area (Å²) < 4.78 is 28.2. The summed E-state index contributed by atoms with van der Waals surface area (Å²) in [4.78, 5) is 0. The standard InChI is InChI=1S/C3H9NO3S.HI/c1-4(2,3)8(5,6)7;/h1-3H3;1H. The molecule has 0 radical (unpaired) electrons. The van der Waals surface area contributed by atoms with Gasteiger partial charge in [0.2, 0.25) is 0 Å². The van der Waals surface area contributed by atoms with Gasteiger partial charge in [-0.3, -0.25) is 0 Å². The van der Waals surface area contributed by atoms with Gasteiger partial charge in [0.1, 0.15) is 0 Å². The first-order valence-corrected chi connectivity index (χ1v) is 3.44. The second kappa shape index (κ2) is 3.13. The molecule has 0 fully saturated rings. The third kappa shape index (κ3) is 4.06. The van der Waals surface area contributed by atoms with Gasteiger partial charge in [0.25, 0.3) is 0 Å². The van der Waals surface area contributed by atoms with Crippen LogP contribution in [0.15, 0.2) is 0 Å².